The molecule has 2 heterocycles. The molecule has 1 aliphatic rings. The zero-order valence-electron chi connectivity index (χ0n) is 12.1. The topological polar surface area (TPSA) is 72.5 Å². The molecule has 0 aliphatic carbocycles. The van der Waals surface area contributed by atoms with E-state index < -0.39 is 0 Å². The third kappa shape index (κ3) is 3.80. The summed E-state index contributed by atoms with van der Waals surface area (Å²) in [5.41, 5.74) is 0. The van der Waals surface area contributed by atoms with Crippen LogP contribution in [-0.4, -0.2) is 63.1 Å². The van der Waals surface area contributed by atoms with Gasteiger partial charge in [-0.15, -0.1) is 0 Å². The van der Waals surface area contributed by atoms with Crippen molar-refractivity contribution < 1.29 is 9.90 Å². The molecule has 6 nitrogen and oxygen atoms in total. The van der Waals surface area contributed by atoms with Crippen LogP contribution in [0.5, 0.6) is 0 Å². The zero-order chi connectivity index (χ0) is 14.4. The van der Waals surface area contributed by atoms with Gasteiger partial charge < -0.3 is 15.0 Å². The Labute approximate surface area is 119 Å². The average molecular weight is 280 g/mol. The van der Waals surface area contributed by atoms with Crippen LogP contribution < -0.4 is 0 Å². The van der Waals surface area contributed by atoms with Crippen molar-refractivity contribution >= 4 is 5.91 Å². The fourth-order valence-electron chi connectivity index (χ4n) is 2.68. The number of likely N-dealkylation sites (tertiary alicyclic amines) is 1. The number of aliphatic hydroxyl groups excluding tert-OH is 1. The first-order valence-electron chi connectivity index (χ1n) is 7.34. The number of amides is 1. The third-order valence-corrected chi connectivity index (χ3v) is 3.87. The van der Waals surface area contributed by atoms with E-state index in [0.717, 1.165) is 31.8 Å². The molecule has 0 spiro atoms. The highest BCUT2D eigenvalue weighted by atomic mass is 16.3. The number of piperidine rings is 1. The first-order valence-corrected chi connectivity index (χ1v) is 7.34. The van der Waals surface area contributed by atoms with Gasteiger partial charge in [0.15, 0.2) is 0 Å². The predicted octanol–water partition coefficient (Wildman–Crippen LogP) is 0.605. The van der Waals surface area contributed by atoms with Gasteiger partial charge in [0.2, 0.25) is 5.91 Å². The minimum Gasteiger partial charge on any atom is -0.395 e. The molecule has 1 saturated heterocycles. The van der Waals surface area contributed by atoms with E-state index in [4.69, 9.17) is 5.11 Å². The largest absolute Gasteiger partial charge is 0.395 e. The highest BCUT2D eigenvalue weighted by Crippen LogP contribution is 2.14. The van der Waals surface area contributed by atoms with E-state index in [0.29, 0.717) is 13.1 Å². The average Bonchev–Trinajstić information content (AvgIpc) is 2.99. The van der Waals surface area contributed by atoms with Gasteiger partial charge in [-0.05, 0) is 32.9 Å². The SMILES string of the molecule is CC(C(=O)N(CCO)Cc1ncc[nH]1)N1CCCCC1. The van der Waals surface area contributed by atoms with E-state index in [1.54, 1.807) is 17.3 Å². The summed E-state index contributed by atoms with van der Waals surface area (Å²) in [6, 6.07) is -0.128. The summed E-state index contributed by atoms with van der Waals surface area (Å²) in [5, 5.41) is 9.17. The summed E-state index contributed by atoms with van der Waals surface area (Å²) in [7, 11) is 0. The standard InChI is InChI=1S/C14H24N4O2/c1-12(17-7-3-2-4-8-17)14(20)18(9-10-19)11-13-15-5-6-16-13/h5-6,12,19H,2-4,7-11H2,1H3,(H,15,16). The number of aromatic amines is 1. The number of H-pyrrole nitrogens is 1. The lowest BCUT2D eigenvalue weighted by Crippen LogP contribution is -2.49. The maximum Gasteiger partial charge on any atom is 0.240 e. The van der Waals surface area contributed by atoms with Crippen molar-refractivity contribution in [1.29, 1.82) is 0 Å². The highest BCUT2D eigenvalue weighted by molar-refractivity contribution is 5.81. The van der Waals surface area contributed by atoms with Crippen LogP contribution in [-0.2, 0) is 11.3 Å². The molecule has 1 aliphatic heterocycles. The van der Waals surface area contributed by atoms with E-state index in [9.17, 15) is 4.79 Å². The fourth-order valence-corrected chi connectivity index (χ4v) is 2.68. The molecule has 1 atom stereocenters. The Morgan fingerprint density at radius 2 is 2.25 bits per heavy atom. The Bertz CT molecular complexity index is 401. The summed E-state index contributed by atoms with van der Waals surface area (Å²) in [6.45, 7) is 4.67. The number of aromatic nitrogens is 2. The van der Waals surface area contributed by atoms with Crippen molar-refractivity contribution in [2.75, 3.05) is 26.2 Å². The second kappa shape index (κ2) is 7.40. The minimum atomic E-state index is -0.128. The Kier molecular flexibility index (Phi) is 5.55. The lowest BCUT2D eigenvalue weighted by Gasteiger charge is -2.34. The number of carbonyl (C=O) groups is 1. The van der Waals surface area contributed by atoms with Crippen LogP contribution in [0.1, 0.15) is 32.0 Å². The quantitative estimate of drug-likeness (QED) is 0.800. The lowest BCUT2D eigenvalue weighted by molar-refractivity contribution is -0.138. The number of imidazole rings is 1. The second-order valence-electron chi connectivity index (χ2n) is 5.29. The predicted molar refractivity (Wildman–Crippen MR) is 76.0 cm³/mol. The van der Waals surface area contributed by atoms with Crippen molar-refractivity contribution in [3.63, 3.8) is 0 Å². The van der Waals surface area contributed by atoms with Gasteiger partial charge in [0.25, 0.3) is 0 Å². The number of nitrogens with zero attached hydrogens (tertiary/aromatic N) is 3. The van der Waals surface area contributed by atoms with Gasteiger partial charge in [-0.3, -0.25) is 9.69 Å². The van der Waals surface area contributed by atoms with Crippen LogP contribution >= 0.6 is 0 Å². The summed E-state index contributed by atoms with van der Waals surface area (Å²) >= 11 is 0. The lowest BCUT2D eigenvalue weighted by atomic mass is 10.1. The van der Waals surface area contributed by atoms with Crippen LogP contribution in [0.3, 0.4) is 0 Å². The maximum atomic E-state index is 12.6. The maximum absolute atomic E-state index is 12.6. The monoisotopic (exact) mass is 280 g/mol. The van der Waals surface area contributed by atoms with E-state index in [-0.39, 0.29) is 18.6 Å². The van der Waals surface area contributed by atoms with Gasteiger partial charge in [-0.25, -0.2) is 4.98 Å². The first kappa shape index (κ1) is 15.0. The molecule has 2 N–H and O–H groups in total. The minimum absolute atomic E-state index is 0.0286. The molecular formula is C14H24N4O2. The van der Waals surface area contributed by atoms with Gasteiger partial charge in [-0.2, -0.15) is 0 Å². The number of hydrogen-bond acceptors (Lipinski definition) is 4. The van der Waals surface area contributed by atoms with Crippen LogP contribution in [0.4, 0.5) is 0 Å². The molecule has 20 heavy (non-hydrogen) atoms. The molecule has 1 fully saturated rings. The normalized spacial score (nSPS) is 17.9. The first-order chi connectivity index (χ1) is 9.72. The van der Waals surface area contributed by atoms with Crippen molar-refractivity contribution in [3.8, 4) is 0 Å². The molecule has 112 valence electrons. The van der Waals surface area contributed by atoms with Crippen LogP contribution in [0.15, 0.2) is 12.4 Å². The molecule has 0 saturated carbocycles. The summed E-state index contributed by atoms with van der Waals surface area (Å²) in [5.74, 6) is 0.815. The van der Waals surface area contributed by atoms with Gasteiger partial charge >= 0.3 is 0 Å². The molecule has 6 heteroatoms. The summed E-state index contributed by atoms with van der Waals surface area (Å²) < 4.78 is 0. The Balaban J connectivity index is 1.97. The van der Waals surface area contributed by atoms with Crippen molar-refractivity contribution in [2.45, 2.75) is 38.8 Å². The molecule has 0 aromatic carbocycles. The third-order valence-electron chi connectivity index (χ3n) is 3.87. The highest BCUT2D eigenvalue weighted by Gasteiger charge is 2.27. The number of rotatable bonds is 6. The smallest absolute Gasteiger partial charge is 0.240 e. The van der Waals surface area contributed by atoms with Crippen molar-refractivity contribution in [2.24, 2.45) is 0 Å². The van der Waals surface area contributed by atoms with Crippen molar-refractivity contribution in [1.82, 2.24) is 19.8 Å². The molecule has 1 amide bonds. The number of hydrogen-bond donors (Lipinski definition) is 2. The van der Waals surface area contributed by atoms with E-state index in [1.807, 2.05) is 6.92 Å². The molecule has 1 aromatic heterocycles. The van der Waals surface area contributed by atoms with Crippen molar-refractivity contribution in [3.05, 3.63) is 18.2 Å². The van der Waals surface area contributed by atoms with Gasteiger partial charge in [0, 0.05) is 18.9 Å². The fraction of sp³-hybridized carbons (Fsp3) is 0.714. The van der Waals surface area contributed by atoms with Crippen LogP contribution in [0, 0.1) is 0 Å². The Morgan fingerprint density at radius 1 is 1.50 bits per heavy atom. The zero-order valence-corrected chi connectivity index (χ0v) is 12.1. The molecule has 1 aromatic rings. The number of aliphatic hydroxyl groups is 1. The van der Waals surface area contributed by atoms with Gasteiger partial charge in [0.1, 0.15) is 5.82 Å². The molecular weight excluding hydrogens is 256 g/mol. The molecule has 0 bridgehead atoms. The van der Waals surface area contributed by atoms with E-state index in [1.165, 1.54) is 6.42 Å². The Hall–Kier alpha value is -1.40. The molecule has 2 rings (SSSR count). The van der Waals surface area contributed by atoms with E-state index >= 15 is 0 Å². The van der Waals surface area contributed by atoms with Crippen LogP contribution in [0.25, 0.3) is 0 Å². The Morgan fingerprint density at radius 3 is 2.85 bits per heavy atom. The van der Waals surface area contributed by atoms with E-state index in [2.05, 4.69) is 14.9 Å². The van der Waals surface area contributed by atoms with Gasteiger partial charge in [-0.1, -0.05) is 6.42 Å². The number of carbonyl (C=O) groups excluding carboxylic acids is 1. The summed E-state index contributed by atoms with van der Waals surface area (Å²) in [6.07, 6.45) is 6.99. The van der Waals surface area contributed by atoms with Gasteiger partial charge in [0.05, 0.1) is 19.2 Å². The summed E-state index contributed by atoms with van der Waals surface area (Å²) in [4.78, 5) is 23.7. The molecule has 0 radical (unpaired) electrons. The number of nitrogens with one attached hydrogen (secondary N) is 1. The second-order valence-corrected chi connectivity index (χ2v) is 5.29. The molecule has 1 unspecified atom stereocenters. The van der Waals surface area contributed by atoms with Crippen LogP contribution in [0.2, 0.25) is 0 Å².